The summed E-state index contributed by atoms with van der Waals surface area (Å²) >= 11 is 4.01. The lowest BCUT2D eigenvalue weighted by Crippen LogP contribution is -2.59. The van der Waals surface area contributed by atoms with Crippen LogP contribution in [0.2, 0.25) is 0 Å². The number of aliphatic carboxylic acids is 1. The van der Waals surface area contributed by atoms with Gasteiger partial charge in [-0.25, -0.2) is 4.79 Å². The first-order valence-corrected chi connectivity index (χ1v) is 10.2. The van der Waals surface area contributed by atoms with E-state index in [1.165, 1.54) is 0 Å². The summed E-state index contributed by atoms with van der Waals surface area (Å²) in [5.74, 6) is -4.61. The highest BCUT2D eigenvalue weighted by atomic mass is 32.1. The Morgan fingerprint density at radius 1 is 0.900 bits per heavy atom. The molecular formula is C18H33N5O6S. The first-order chi connectivity index (χ1) is 13.8. The normalized spacial score (nSPS) is 15.1. The molecule has 0 aromatic heterocycles. The maximum absolute atomic E-state index is 12.7. The van der Waals surface area contributed by atoms with Crippen LogP contribution < -0.4 is 27.4 Å². The Kier molecular flexibility index (Phi) is 12.0. The third-order valence-corrected chi connectivity index (χ3v) is 4.51. The van der Waals surface area contributed by atoms with Gasteiger partial charge in [-0.3, -0.25) is 19.2 Å². The lowest BCUT2D eigenvalue weighted by Gasteiger charge is -2.26. The molecule has 0 aliphatic rings. The van der Waals surface area contributed by atoms with Crippen molar-refractivity contribution in [2.75, 3.05) is 5.75 Å². The third-order valence-electron chi connectivity index (χ3n) is 4.14. The highest BCUT2D eigenvalue weighted by Crippen LogP contribution is 2.07. The molecule has 30 heavy (non-hydrogen) atoms. The maximum Gasteiger partial charge on any atom is 0.326 e. The van der Waals surface area contributed by atoms with Crippen molar-refractivity contribution in [1.82, 2.24) is 16.0 Å². The molecule has 0 saturated carbocycles. The fourth-order valence-electron chi connectivity index (χ4n) is 2.54. The third kappa shape index (κ3) is 9.92. The van der Waals surface area contributed by atoms with Gasteiger partial charge in [-0.05, 0) is 18.3 Å². The van der Waals surface area contributed by atoms with Gasteiger partial charge in [-0.2, -0.15) is 12.6 Å². The van der Waals surface area contributed by atoms with E-state index in [0.29, 0.717) is 6.42 Å². The van der Waals surface area contributed by atoms with Crippen molar-refractivity contribution in [1.29, 1.82) is 0 Å². The number of nitrogens with two attached hydrogens (primary N) is 2. The number of thiol groups is 1. The summed E-state index contributed by atoms with van der Waals surface area (Å²) in [7, 11) is 0. The zero-order valence-electron chi connectivity index (χ0n) is 17.7. The number of nitrogens with one attached hydrogen (secondary N) is 3. The van der Waals surface area contributed by atoms with E-state index >= 15 is 0 Å². The smallest absolute Gasteiger partial charge is 0.326 e. The molecule has 11 nitrogen and oxygen atoms in total. The Morgan fingerprint density at radius 2 is 1.43 bits per heavy atom. The molecule has 4 unspecified atom stereocenters. The minimum Gasteiger partial charge on any atom is -0.480 e. The quantitative estimate of drug-likeness (QED) is 0.164. The topological polar surface area (TPSA) is 194 Å². The minimum absolute atomic E-state index is 0.147. The monoisotopic (exact) mass is 447 g/mol. The zero-order valence-corrected chi connectivity index (χ0v) is 18.6. The van der Waals surface area contributed by atoms with Crippen LogP contribution in [0.1, 0.15) is 40.5 Å². The van der Waals surface area contributed by atoms with Crippen molar-refractivity contribution >= 4 is 42.2 Å². The number of rotatable bonds is 13. The Morgan fingerprint density at radius 3 is 1.83 bits per heavy atom. The van der Waals surface area contributed by atoms with E-state index in [0.717, 1.165) is 0 Å². The average Bonchev–Trinajstić information content (AvgIpc) is 2.61. The highest BCUT2D eigenvalue weighted by Gasteiger charge is 2.31. The second-order valence-corrected chi connectivity index (χ2v) is 8.15. The molecule has 0 heterocycles. The second kappa shape index (κ2) is 13.1. The molecule has 0 aromatic carbocycles. The van der Waals surface area contributed by atoms with Gasteiger partial charge in [0.05, 0.1) is 12.5 Å². The van der Waals surface area contributed by atoms with Crippen molar-refractivity contribution in [3.05, 3.63) is 0 Å². The van der Waals surface area contributed by atoms with E-state index in [1.807, 2.05) is 13.8 Å². The first-order valence-electron chi connectivity index (χ1n) is 9.58. The fourth-order valence-corrected chi connectivity index (χ4v) is 2.80. The average molecular weight is 448 g/mol. The van der Waals surface area contributed by atoms with Gasteiger partial charge in [0.25, 0.3) is 0 Å². The van der Waals surface area contributed by atoms with E-state index in [-0.39, 0.29) is 17.6 Å². The van der Waals surface area contributed by atoms with Gasteiger partial charge in [0.2, 0.25) is 23.6 Å². The van der Waals surface area contributed by atoms with E-state index in [9.17, 15) is 24.0 Å². The molecule has 0 aromatic rings. The molecule has 0 aliphatic heterocycles. The molecule has 0 saturated heterocycles. The predicted molar refractivity (Wildman–Crippen MR) is 113 cm³/mol. The summed E-state index contributed by atoms with van der Waals surface area (Å²) in [6.07, 6.45) is -0.164. The number of hydrogen-bond donors (Lipinski definition) is 7. The predicted octanol–water partition coefficient (Wildman–Crippen LogP) is -1.64. The van der Waals surface area contributed by atoms with Crippen LogP contribution in [0.5, 0.6) is 0 Å². The summed E-state index contributed by atoms with van der Waals surface area (Å²) in [5, 5.41) is 16.3. The number of hydrogen-bond acceptors (Lipinski definition) is 7. The van der Waals surface area contributed by atoms with Crippen molar-refractivity contribution in [3.63, 3.8) is 0 Å². The molecule has 0 radical (unpaired) electrons. The SMILES string of the molecule is CC(C)CC(N)C(=O)NC(C(=O)NC(CS)C(=O)NC(CC(N)=O)C(=O)O)C(C)C. The summed E-state index contributed by atoms with van der Waals surface area (Å²) < 4.78 is 0. The molecule has 172 valence electrons. The van der Waals surface area contributed by atoms with Crippen molar-refractivity contribution in [2.24, 2.45) is 23.3 Å². The molecule has 0 bridgehead atoms. The molecule has 0 fully saturated rings. The van der Waals surface area contributed by atoms with Crippen LogP contribution in [-0.4, -0.2) is 64.6 Å². The number of amides is 4. The summed E-state index contributed by atoms with van der Waals surface area (Å²) in [4.78, 5) is 59.5. The van der Waals surface area contributed by atoms with Crippen molar-refractivity contribution in [3.8, 4) is 0 Å². The Labute approximate surface area is 181 Å². The van der Waals surface area contributed by atoms with E-state index in [4.69, 9.17) is 16.6 Å². The van der Waals surface area contributed by atoms with Crippen molar-refractivity contribution < 1.29 is 29.1 Å². The fraction of sp³-hybridized carbons (Fsp3) is 0.722. The molecule has 4 amide bonds. The number of carboxylic acids is 1. The number of carbonyl (C=O) groups is 5. The summed E-state index contributed by atoms with van der Waals surface area (Å²) in [5.41, 5.74) is 10.8. The van der Waals surface area contributed by atoms with Crippen LogP contribution in [0.15, 0.2) is 0 Å². The summed E-state index contributed by atoms with van der Waals surface area (Å²) in [6, 6.07) is -4.48. The molecular weight excluding hydrogens is 414 g/mol. The molecule has 0 rings (SSSR count). The van der Waals surface area contributed by atoms with Gasteiger partial charge < -0.3 is 32.5 Å². The molecule has 8 N–H and O–H groups in total. The van der Waals surface area contributed by atoms with Gasteiger partial charge >= 0.3 is 5.97 Å². The standard InChI is InChI=1S/C18H33N5O6S/c1-8(2)5-10(19)15(25)23-14(9(3)4)17(27)22-12(7-30)16(26)21-11(18(28)29)6-13(20)24/h8-12,14,30H,5-7,19H2,1-4H3,(H2,20,24)(H,21,26)(H,22,27)(H,23,25)(H,28,29). The lowest BCUT2D eigenvalue weighted by atomic mass is 10.00. The Bertz CT molecular complexity index is 643. The minimum atomic E-state index is -1.54. The van der Waals surface area contributed by atoms with Gasteiger partial charge in [-0.15, -0.1) is 0 Å². The summed E-state index contributed by atoms with van der Waals surface area (Å²) in [6.45, 7) is 7.25. The van der Waals surface area contributed by atoms with Crippen LogP contribution in [0.25, 0.3) is 0 Å². The highest BCUT2D eigenvalue weighted by molar-refractivity contribution is 7.80. The van der Waals surface area contributed by atoms with Gasteiger partial charge in [-0.1, -0.05) is 27.7 Å². The van der Waals surface area contributed by atoms with Gasteiger partial charge in [0.15, 0.2) is 0 Å². The molecule has 0 spiro atoms. The van der Waals surface area contributed by atoms with E-state index in [2.05, 4.69) is 28.6 Å². The van der Waals surface area contributed by atoms with Gasteiger partial charge in [0, 0.05) is 5.75 Å². The van der Waals surface area contributed by atoms with Crippen LogP contribution in [0, 0.1) is 11.8 Å². The number of carboxylic acid groups (broad SMARTS) is 1. The van der Waals surface area contributed by atoms with Crippen LogP contribution >= 0.6 is 12.6 Å². The lowest BCUT2D eigenvalue weighted by molar-refractivity contribution is -0.143. The Hall–Kier alpha value is -2.34. The van der Waals surface area contributed by atoms with Gasteiger partial charge in [0.1, 0.15) is 18.1 Å². The first kappa shape index (κ1) is 27.7. The van der Waals surface area contributed by atoms with E-state index < -0.39 is 60.2 Å². The molecule has 12 heteroatoms. The van der Waals surface area contributed by atoms with E-state index in [1.54, 1.807) is 13.8 Å². The van der Waals surface area contributed by atoms with Crippen LogP contribution in [0.4, 0.5) is 0 Å². The number of carbonyl (C=O) groups excluding carboxylic acids is 4. The largest absolute Gasteiger partial charge is 0.480 e. The zero-order chi connectivity index (χ0) is 23.6. The number of primary amides is 1. The van der Waals surface area contributed by atoms with Crippen LogP contribution in [0.3, 0.4) is 0 Å². The second-order valence-electron chi connectivity index (χ2n) is 7.78. The maximum atomic E-state index is 12.7. The molecule has 4 atom stereocenters. The van der Waals surface area contributed by atoms with Crippen LogP contribution in [-0.2, 0) is 24.0 Å². The molecule has 0 aliphatic carbocycles. The Balaban J connectivity index is 5.17. The van der Waals surface area contributed by atoms with Crippen molar-refractivity contribution in [2.45, 2.75) is 64.7 Å².